The third-order valence-corrected chi connectivity index (χ3v) is 17.8. The first-order valence-electron chi connectivity index (χ1n) is 37.9. The van der Waals surface area contributed by atoms with Crippen molar-refractivity contribution in [1.29, 1.82) is 0 Å². The van der Waals surface area contributed by atoms with E-state index in [1.165, 1.54) is 175 Å². The minimum atomic E-state index is -0.557. The Kier molecular flexibility index (Phi) is 66.6. The smallest absolute Gasteiger partial charge is 0.114 e. The molecule has 0 saturated carbocycles. The molecular weight excluding hydrogens is 1150 g/mol. The van der Waals surface area contributed by atoms with Crippen LogP contribution >= 0.6 is 0 Å². The van der Waals surface area contributed by atoms with E-state index in [2.05, 4.69) is 169 Å². The largest absolute Gasteiger partial charge is 0.391 e. The second kappa shape index (κ2) is 62.6. The molecule has 92 heavy (non-hydrogen) atoms. The number of aliphatic hydroxyl groups is 1. The van der Waals surface area contributed by atoms with Crippen LogP contribution in [0.4, 0.5) is 4.39 Å². The van der Waals surface area contributed by atoms with Gasteiger partial charge in [0.1, 0.15) is 6.17 Å². The zero-order valence-corrected chi connectivity index (χ0v) is 63.6. The summed E-state index contributed by atoms with van der Waals surface area (Å²) in [7, 11) is 0. The highest BCUT2D eigenvalue weighted by atomic mass is 19.1. The molecule has 3 atom stereocenters. The second-order valence-corrected chi connectivity index (χ2v) is 30.9. The average molecular weight is 1320 g/mol. The van der Waals surface area contributed by atoms with Crippen LogP contribution in [0.3, 0.4) is 0 Å². The summed E-state index contributed by atoms with van der Waals surface area (Å²) in [6, 6.07) is 2.25. The van der Waals surface area contributed by atoms with Crippen molar-refractivity contribution in [2.24, 2.45) is 41.4 Å². The number of morpholine rings is 2. The minimum Gasteiger partial charge on any atom is -0.391 e. The number of nitrogens with one attached hydrogen (secondary N) is 1. The van der Waals surface area contributed by atoms with Gasteiger partial charge in [-0.3, -0.25) is 9.80 Å². The molecule has 9 rings (SSSR count). The van der Waals surface area contributed by atoms with Gasteiger partial charge in [0, 0.05) is 83.6 Å². The molecule has 2 N–H and O–H groups in total. The third kappa shape index (κ3) is 58.4. The Morgan fingerprint density at radius 2 is 0.804 bits per heavy atom. The summed E-state index contributed by atoms with van der Waals surface area (Å²) in [5.41, 5.74) is 0. The van der Waals surface area contributed by atoms with Crippen LogP contribution in [0.25, 0.3) is 0 Å². The quantitative estimate of drug-likeness (QED) is 0.129. The van der Waals surface area contributed by atoms with Gasteiger partial charge in [-0.15, -0.1) is 0 Å². The molecule has 560 valence electrons. The van der Waals surface area contributed by atoms with Crippen molar-refractivity contribution in [1.82, 2.24) is 44.5 Å². The van der Waals surface area contributed by atoms with Gasteiger partial charge < -0.3 is 54.0 Å². The normalized spacial score (nSPS) is 21.9. The van der Waals surface area contributed by atoms with Crippen LogP contribution in [0.2, 0.25) is 0 Å². The van der Waals surface area contributed by atoms with E-state index in [-0.39, 0.29) is 34.5 Å². The Morgan fingerprint density at radius 1 is 0.435 bits per heavy atom. The lowest BCUT2D eigenvalue weighted by atomic mass is 9.96. The van der Waals surface area contributed by atoms with Crippen LogP contribution in [0.1, 0.15) is 251 Å². The van der Waals surface area contributed by atoms with Crippen LogP contribution in [0, 0.1) is 41.4 Å². The van der Waals surface area contributed by atoms with E-state index in [1.54, 1.807) is 0 Å². The van der Waals surface area contributed by atoms with E-state index in [0.29, 0.717) is 25.1 Å². The fourth-order valence-corrected chi connectivity index (χ4v) is 11.8. The molecule has 0 aromatic heterocycles. The van der Waals surface area contributed by atoms with Crippen LogP contribution in [0.5, 0.6) is 0 Å². The fraction of sp³-hybridized carbons (Fsp3) is 1.00. The Bertz CT molecular complexity index is 1440. The molecule has 0 bridgehead atoms. The van der Waals surface area contributed by atoms with Gasteiger partial charge in [-0.25, -0.2) is 4.39 Å². The molecule has 9 aliphatic rings. The van der Waals surface area contributed by atoms with Crippen molar-refractivity contribution in [3.05, 3.63) is 0 Å². The highest BCUT2D eigenvalue weighted by Crippen LogP contribution is 2.18. The van der Waals surface area contributed by atoms with Gasteiger partial charge >= 0.3 is 0 Å². The summed E-state index contributed by atoms with van der Waals surface area (Å²) in [6.07, 6.45) is 16.5. The predicted molar refractivity (Wildman–Crippen MR) is 407 cm³/mol. The minimum absolute atomic E-state index is 0. The van der Waals surface area contributed by atoms with Crippen molar-refractivity contribution in [3.8, 4) is 0 Å². The first kappa shape index (κ1) is 97.8. The van der Waals surface area contributed by atoms with Gasteiger partial charge in [0.25, 0.3) is 0 Å². The summed E-state index contributed by atoms with van der Waals surface area (Å²) >= 11 is 0. The summed E-state index contributed by atoms with van der Waals surface area (Å²) < 4.78 is 28.2. The number of halogens is 1. The van der Waals surface area contributed by atoms with E-state index in [0.717, 1.165) is 126 Å². The van der Waals surface area contributed by atoms with Crippen LogP contribution in [0.15, 0.2) is 0 Å². The lowest BCUT2D eigenvalue weighted by Crippen LogP contribution is -2.41. The zero-order chi connectivity index (χ0) is 66.9. The molecule has 9 heterocycles. The lowest BCUT2D eigenvalue weighted by Gasteiger charge is -2.34. The first-order chi connectivity index (χ1) is 42.2. The summed E-state index contributed by atoms with van der Waals surface area (Å²) in [6.45, 7) is 78.9. The Morgan fingerprint density at radius 3 is 1.10 bits per heavy atom. The molecule has 0 radical (unpaired) electrons. The van der Waals surface area contributed by atoms with E-state index in [4.69, 9.17) is 19.3 Å². The van der Waals surface area contributed by atoms with E-state index >= 15 is 0 Å². The zero-order valence-electron chi connectivity index (χ0n) is 63.6. The van der Waals surface area contributed by atoms with Gasteiger partial charge in [-0.05, 0) is 259 Å². The predicted octanol–water partition coefficient (Wildman–Crippen LogP) is 15.9. The number of aliphatic hydroxyl groups excluding tert-OH is 1. The van der Waals surface area contributed by atoms with Crippen LogP contribution < -0.4 is 5.32 Å². The fourth-order valence-electron chi connectivity index (χ4n) is 11.8. The van der Waals surface area contributed by atoms with Crippen LogP contribution in [-0.2, 0) is 14.2 Å². The maximum atomic E-state index is 12.6. The van der Waals surface area contributed by atoms with E-state index in [9.17, 15) is 4.39 Å². The SMILES string of the molecule is C.C.C.CC(C)C1CCNC1.CC(C)CCN1CCCCC1.CC(C)CN1CCC(F)C1.CC(C)CN1CCC1.CC(C)CN1CCCC1.CC(C)CN1CCOCC1.CC(C)N1CCC1.CC(C)N1CCCC1.CC(C)N1CCOCC1.CCC(O)COC(C)C. The number of rotatable bonds is 19. The summed E-state index contributed by atoms with van der Waals surface area (Å²) in [5.74, 6) is 5.87. The molecule has 0 spiro atoms. The average Bonchev–Trinajstić information content (AvgIpc) is 4.55. The molecule has 9 fully saturated rings. The van der Waals surface area contributed by atoms with E-state index < -0.39 is 6.17 Å². The van der Waals surface area contributed by atoms with Crippen molar-refractivity contribution >= 4 is 0 Å². The highest BCUT2D eigenvalue weighted by Gasteiger charge is 2.22. The van der Waals surface area contributed by atoms with Crippen molar-refractivity contribution < 1.29 is 23.7 Å². The monoisotopic (exact) mass is 1320 g/mol. The second-order valence-electron chi connectivity index (χ2n) is 30.9. The molecule has 13 nitrogen and oxygen atoms in total. The first-order valence-corrected chi connectivity index (χ1v) is 37.9. The molecule has 0 amide bonds. The highest BCUT2D eigenvalue weighted by molar-refractivity contribution is 4.76. The van der Waals surface area contributed by atoms with Crippen molar-refractivity contribution in [2.75, 3.05) is 184 Å². The topological polar surface area (TPSA) is 85.9 Å². The van der Waals surface area contributed by atoms with Gasteiger partial charge in [0.15, 0.2) is 0 Å². The van der Waals surface area contributed by atoms with E-state index in [1.807, 2.05) is 20.8 Å². The molecule has 0 aromatic rings. The number of hydrogen-bond acceptors (Lipinski definition) is 13. The van der Waals surface area contributed by atoms with Crippen LogP contribution in [-0.4, -0.2) is 264 Å². The number of ether oxygens (including phenoxy) is 3. The lowest BCUT2D eigenvalue weighted by molar-refractivity contribution is 0.00464. The third-order valence-electron chi connectivity index (χ3n) is 17.8. The Labute approximate surface area is 578 Å². The van der Waals surface area contributed by atoms with Gasteiger partial charge in [0.2, 0.25) is 0 Å². The van der Waals surface area contributed by atoms with Gasteiger partial charge in [0.05, 0.1) is 45.2 Å². The molecule has 14 heteroatoms. The Hall–Kier alpha value is -0.590. The molecule has 0 aliphatic carbocycles. The summed E-state index contributed by atoms with van der Waals surface area (Å²) in [4.78, 5) is 19.8. The van der Waals surface area contributed by atoms with Gasteiger partial charge in [-0.2, -0.15) is 0 Å². The van der Waals surface area contributed by atoms with Crippen molar-refractivity contribution in [2.45, 2.75) is 288 Å². The molecular formula is C78H172FN9O4. The number of hydrogen-bond donors (Lipinski definition) is 2. The number of alkyl halides is 1. The molecule has 9 saturated heterocycles. The molecule has 9 aliphatic heterocycles. The number of nitrogens with zero attached hydrogens (tertiary/aromatic N) is 8. The maximum Gasteiger partial charge on any atom is 0.114 e. The molecule has 0 aromatic carbocycles. The number of likely N-dealkylation sites (tertiary alicyclic amines) is 6. The summed E-state index contributed by atoms with van der Waals surface area (Å²) in [5, 5.41) is 12.3. The maximum absolute atomic E-state index is 12.6. The standard InChI is InChI=1S/C10H21N.C8H16FN.C8H17NO.C8H17N.C7H15NO.3C7H15N.C7H16O2.C6H13N.3CH4/c1-10(2)6-9-11-7-4-3-5-8-11;1-7(2)5-10-4-3-8(9)6-10;1-8(2)7-9-3-5-10-6-4-9;1-8(2)7-9-5-3-4-6-9;1-7(2)8-3-5-9-6-4-8;1-6(2)7-3-4-8-5-7;1-7(2)6-8-4-3-5-8;1-7(2)8-5-3-4-6-8;1-4-7(8)5-9-6(2)3;1-6(2)7-4-3-5-7;;;/h10H,3-9H2,1-2H3;7-8H,3-6H2,1-2H3;8H,3-7H2,1-2H3;8H,3-7H2,1-2H3;7H,3-6H2,1-2H3;6-8H,3-5H2,1-2H3;2*7H,3-6H2,1-2H3;6-8H,4-5H2,1-3H3;6H,3-5H2,1-2H3;3*1H4. The van der Waals surface area contributed by atoms with Gasteiger partial charge in [-0.1, -0.05) is 119 Å². The Balaban J connectivity index is -0.000000467. The number of piperidine rings is 1. The molecule has 3 unspecified atom stereocenters. The van der Waals surface area contributed by atoms with Crippen molar-refractivity contribution in [3.63, 3.8) is 0 Å².